The number of nitrogens with zero attached hydrogens (tertiary/aromatic N) is 3. The fraction of sp³-hybridized carbons (Fsp3) is 0.727. The van der Waals surface area contributed by atoms with Crippen LogP contribution in [0.2, 0.25) is 0 Å². The molecule has 0 atom stereocenters. The molecule has 1 fully saturated rings. The van der Waals surface area contributed by atoms with Gasteiger partial charge in [-0.15, -0.1) is 16.7 Å². The average Bonchev–Trinajstić information content (AvgIpc) is 2.88. The van der Waals surface area contributed by atoms with E-state index >= 15 is 0 Å². The van der Waals surface area contributed by atoms with E-state index in [-0.39, 0.29) is 5.91 Å². The molecular formula is C11H17ClN4O3. The number of ether oxygens (including phenoxy) is 1. The van der Waals surface area contributed by atoms with E-state index in [1.54, 1.807) is 4.90 Å². The highest BCUT2D eigenvalue weighted by Gasteiger charge is 2.16. The molecule has 0 radical (unpaired) electrons. The number of hydrogen-bond acceptors (Lipinski definition) is 6. The van der Waals surface area contributed by atoms with Crippen LogP contribution in [-0.4, -0.2) is 59.7 Å². The lowest BCUT2D eigenvalue weighted by molar-refractivity contribution is -0.134. The van der Waals surface area contributed by atoms with Crippen molar-refractivity contribution in [2.45, 2.75) is 12.8 Å². The van der Waals surface area contributed by atoms with Gasteiger partial charge in [0.2, 0.25) is 11.8 Å². The topological polar surface area (TPSA) is 80.5 Å². The largest absolute Gasteiger partial charge is 0.408 e. The molecule has 0 aliphatic carbocycles. The summed E-state index contributed by atoms with van der Waals surface area (Å²) in [6.07, 6.45) is 0.941. The standard InChI is InChI=1S/C11H17ClN4O3/c12-3-1-9-14-15-11(19-9)13-4-2-10(17)16-5-7-18-8-6-16/h1-8H2,(H,13,15). The Kier molecular flexibility index (Phi) is 5.41. The first-order chi connectivity index (χ1) is 9.29. The van der Waals surface area contributed by atoms with Crippen LogP contribution in [0.25, 0.3) is 0 Å². The number of alkyl halides is 1. The molecule has 0 unspecified atom stereocenters. The van der Waals surface area contributed by atoms with Crippen LogP contribution in [0.1, 0.15) is 12.3 Å². The van der Waals surface area contributed by atoms with Gasteiger partial charge < -0.3 is 19.4 Å². The summed E-state index contributed by atoms with van der Waals surface area (Å²) in [7, 11) is 0. The van der Waals surface area contributed by atoms with Crippen LogP contribution in [0.15, 0.2) is 4.42 Å². The Morgan fingerprint density at radius 2 is 2.16 bits per heavy atom. The summed E-state index contributed by atoms with van der Waals surface area (Å²) < 4.78 is 10.5. The predicted molar refractivity (Wildman–Crippen MR) is 69.2 cm³/mol. The van der Waals surface area contributed by atoms with E-state index < -0.39 is 0 Å². The molecule has 2 heterocycles. The van der Waals surface area contributed by atoms with Crippen LogP contribution in [-0.2, 0) is 16.0 Å². The van der Waals surface area contributed by atoms with Crippen molar-refractivity contribution in [3.63, 3.8) is 0 Å². The quantitative estimate of drug-likeness (QED) is 0.768. The van der Waals surface area contributed by atoms with Crippen LogP contribution in [0.4, 0.5) is 6.01 Å². The summed E-state index contributed by atoms with van der Waals surface area (Å²) in [6.45, 7) is 3.03. The molecule has 1 aliphatic rings. The molecule has 1 aliphatic heterocycles. The lowest BCUT2D eigenvalue weighted by atomic mass is 10.3. The van der Waals surface area contributed by atoms with Crippen molar-refractivity contribution in [1.82, 2.24) is 15.1 Å². The third kappa shape index (κ3) is 4.36. The molecule has 0 bridgehead atoms. The number of anilines is 1. The zero-order valence-corrected chi connectivity index (χ0v) is 11.4. The first kappa shape index (κ1) is 14.1. The second-order valence-corrected chi connectivity index (χ2v) is 4.49. The molecule has 19 heavy (non-hydrogen) atoms. The number of hydrogen-bond donors (Lipinski definition) is 1. The Labute approximate surface area is 116 Å². The second-order valence-electron chi connectivity index (χ2n) is 4.11. The van der Waals surface area contributed by atoms with E-state index in [2.05, 4.69) is 15.5 Å². The maximum atomic E-state index is 11.8. The number of carbonyl (C=O) groups excluding carboxylic acids is 1. The van der Waals surface area contributed by atoms with Crippen LogP contribution in [0.3, 0.4) is 0 Å². The average molecular weight is 289 g/mol. The molecule has 2 rings (SSSR count). The molecule has 1 aromatic rings. The van der Waals surface area contributed by atoms with Gasteiger partial charge in [-0.2, -0.15) is 0 Å². The fourth-order valence-corrected chi connectivity index (χ4v) is 1.92. The number of amides is 1. The van der Waals surface area contributed by atoms with Crippen LogP contribution >= 0.6 is 11.6 Å². The minimum Gasteiger partial charge on any atom is -0.408 e. The van der Waals surface area contributed by atoms with Crippen molar-refractivity contribution < 1.29 is 13.9 Å². The van der Waals surface area contributed by atoms with Gasteiger partial charge in [-0.3, -0.25) is 4.79 Å². The van der Waals surface area contributed by atoms with Gasteiger partial charge in [0.15, 0.2) is 0 Å². The molecule has 0 saturated carbocycles. The first-order valence-corrected chi connectivity index (χ1v) is 6.81. The van der Waals surface area contributed by atoms with Crippen molar-refractivity contribution in [3.05, 3.63) is 5.89 Å². The molecule has 1 amide bonds. The minimum absolute atomic E-state index is 0.108. The third-order valence-electron chi connectivity index (χ3n) is 2.75. The van der Waals surface area contributed by atoms with E-state index in [9.17, 15) is 4.79 Å². The summed E-state index contributed by atoms with van der Waals surface area (Å²) in [5.41, 5.74) is 0. The maximum Gasteiger partial charge on any atom is 0.315 e. The second kappa shape index (κ2) is 7.30. The van der Waals surface area contributed by atoms with E-state index in [4.69, 9.17) is 20.8 Å². The minimum atomic E-state index is 0.108. The summed E-state index contributed by atoms with van der Waals surface area (Å²) in [5.74, 6) is 1.05. The molecule has 1 N–H and O–H groups in total. The molecule has 8 heteroatoms. The number of aryl methyl sites for hydroxylation is 1. The van der Waals surface area contributed by atoms with E-state index in [1.165, 1.54) is 0 Å². The monoisotopic (exact) mass is 288 g/mol. The number of halogens is 1. The normalized spacial score (nSPS) is 15.5. The van der Waals surface area contributed by atoms with Crippen molar-refractivity contribution in [2.75, 3.05) is 44.0 Å². The van der Waals surface area contributed by atoms with E-state index in [0.29, 0.717) is 63.5 Å². The summed E-state index contributed by atoms with van der Waals surface area (Å²) in [5, 5.41) is 10.6. The number of nitrogens with one attached hydrogen (secondary N) is 1. The van der Waals surface area contributed by atoms with Crippen LogP contribution in [0.5, 0.6) is 0 Å². The van der Waals surface area contributed by atoms with Crippen LogP contribution < -0.4 is 5.32 Å². The number of morpholine rings is 1. The third-order valence-corrected chi connectivity index (χ3v) is 2.94. The molecule has 1 saturated heterocycles. The number of rotatable bonds is 6. The zero-order valence-electron chi connectivity index (χ0n) is 10.6. The smallest absolute Gasteiger partial charge is 0.315 e. The van der Waals surface area contributed by atoms with Crippen molar-refractivity contribution in [2.24, 2.45) is 0 Å². The highest BCUT2D eigenvalue weighted by atomic mass is 35.5. The van der Waals surface area contributed by atoms with Gasteiger partial charge in [-0.05, 0) is 0 Å². The van der Waals surface area contributed by atoms with E-state index in [1.807, 2.05) is 0 Å². The van der Waals surface area contributed by atoms with Gasteiger partial charge in [0.1, 0.15) is 0 Å². The highest BCUT2D eigenvalue weighted by molar-refractivity contribution is 6.17. The van der Waals surface area contributed by atoms with Crippen molar-refractivity contribution in [1.29, 1.82) is 0 Å². The molecular weight excluding hydrogens is 272 g/mol. The van der Waals surface area contributed by atoms with E-state index in [0.717, 1.165) is 0 Å². The first-order valence-electron chi connectivity index (χ1n) is 6.27. The molecule has 0 aromatic carbocycles. The zero-order chi connectivity index (χ0) is 13.5. The Morgan fingerprint density at radius 1 is 1.37 bits per heavy atom. The molecule has 1 aromatic heterocycles. The van der Waals surface area contributed by atoms with Crippen molar-refractivity contribution >= 4 is 23.5 Å². The SMILES string of the molecule is O=C(CCNc1nnc(CCCl)o1)N1CCOCC1. The number of carbonyl (C=O) groups is 1. The maximum absolute atomic E-state index is 11.8. The van der Waals surface area contributed by atoms with Gasteiger partial charge in [-0.1, -0.05) is 5.10 Å². The molecule has 106 valence electrons. The Morgan fingerprint density at radius 3 is 2.89 bits per heavy atom. The lowest BCUT2D eigenvalue weighted by Gasteiger charge is -2.26. The predicted octanol–water partition coefficient (Wildman–Crippen LogP) is 0.512. The van der Waals surface area contributed by atoms with Gasteiger partial charge in [0.05, 0.1) is 13.2 Å². The Bertz CT molecular complexity index is 406. The Hall–Kier alpha value is -1.34. The van der Waals surface area contributed by atoms with Gasteiger partial charge in [0, 0.05) is 38.4 Å². The summed E-state index contributed by atoms with van der Waals surface area (Å²) in [4.78, 5) is 13.6. The summed E-state index contributed by atoms with van der Waals surface area (Å²) in [6, 6.07) is 0.329. The highest BCUT2D eigenvalue weighted by Crippen LogP contribution is 2.07. The summed E-state index contributed by atoms with van der Waals surface area (Å²) >= 11 is 5.57. The van der Waals surface area contributed by atoms with Crippen molar-refractivity contribution in [3.8, 4) is 0 Å². The molecule has 7 nitrogen and oxygen atoms in total. The lowest BCUT2D eigenvalue weighted by Crippen LogP contribution is -2.41. The number of aromatic nitrogens is 2. The van der Waals surface area contributed by atoms with Crippen LogP contribution in [0, 0.1) is 0 Å². The van der Waals surface area contributed by atoms with Gasteiger partial charge in [-0.25, -0.2) is 0 Å². The van der Waals surface area contributed by atoms with Gasteiger partial charge >= 0.3 is 6.01 Å². The fourth-order valence-electron chi connectivity index (χ4n) is 1.75. The van der Waals surface area contributed by atoms with Gasteiger partial charge in [0.25, 0.3) is 0 Å². The Balaban J connectivity index is 1.68. The molecule has 0 spiro atoms.